The van der Waals surface area contributed by atoms with Gasteiger partial charge >= 0.3 is 5.69 Å². The molecule has 0 atom stereocenters. The predicted molar refractivity (Wildman–Crippen MR) is 79.3 cm³/mol. The van der Waals surface area contributed by atoms with Gasteiger partial charge < -0.3 is 4.42 Å². The number of nitro benzene ring substituents is 1. The van der Waals surface area contributed by atoms with Crippen molar-refractivity contribution >= 4 is 16.7 Å². The number of hydrogen-bond donors (Lipinski definition) is 0. The quantitative estimate of drug-likeness (QED) is 0.530. The van der Waals surface area contributed by atoms with Crippen LogP contribution in [-0.4, -0.2) is 4.92 Å². The van der Waals surface area contributed by atoms with E-state index >= 15 is 0 Å². The second-order valence-electron chi connectivity index (χ2n) is 4.70. The highest BCUT2D eigenvalue weighted by molar-refractivity contribution is 5.86. The number of rotatable bonds is 2. The van der Waals surface area contributed by atoms with Crippen LogP contribution in [0.4, 0.5) is 5.69 Å². The zero-order chi connectivity index (χ0) is 15.0. The van der Waals surface area contributed by atoms with E-state index in [1.165, 1.54) is 24.3 Å². The minimum atomic E-state index is -0.549. The first-order valence-electron chi connectivity index (χ1n) is 6.35. The van der Waals surface area contributed by atoms with Crippen LogP contribution in [-0.2, 0) is 0 Å². The van der Waals surface area contributed by atoms with Crippen molar-refractivity contribution in [1.82, 2.24) is 0 Å². The monoisotopic (exact) mass is 281 g/mol. The molecule has 1 heterocycles. The lowest BCUT2D eigenvalue weighted by Crippen LogP contribution is -2.02. The van der Waals surface area contributed by atoms with Crippen LogP contribution in [0.25, 0.3) is 22.3 Å². The van der Waals surface area contributed by atoms with Crippen molar-refractivity contribution < 1.29 is 9.34 Å². The topological polar surface area (TPSA) is 73.3 Å². The Hall–Kier alpha value is -2.95. The van der Waals surface area contributed by atoms with E-state index in [0.717, 1.165) is 11.1 Å². The van der Waals surface area contributed by atoms with E-state index in [0.29, 0.717) is 5.76 Å². The van der Waals surface area contributed by atoms with Crippen LogP contribution >= 0.6 is 0 Å². The molecular formula is C16H11NO4. The van der Waals surface area contributed by atoms with Gasteiger partial charge in [-0.3, -0.25) is 14.9 Å². The van der Waals surface area contributed by atoms with Gasteiger partial charge in [-0.25, -0.2) is 0 Å². The Bertz CT molecular complexity index is 912. The van der Waals surface area contributed by atoms with Crippen LogP contribution < -0.4 is 5.43 Å². The third-order valence-corrected chi connectivity index (χ3v) is 3.34. The Morgan fingerprint density at radius 2 is 1.86 bits per heavy atom. The first-order chi connectivity index (χ1) is 10.1. The average Bonchev–Trinajstić information content (AvgIpc) is 2.47. The summed E-state index contributed by atoms with van der Waals surface area (Å²) in [5.74, 6) is 0.333. The summed E-state index contributed by atoms with van der Waals surface area (Å²) >= 11 is 0. The molecule has 5 nitrogen and oxygen atoms in total. The second kappa shape index (κ2) is 4.86. The number of non-ortho nitro benzene ring substituents is 1. The van der Waals surface area contributed by atoms with Crippen molar-refractivity contribution in [3.63, 3.8) is 0 Å². The van der Waals surface area contributed by atoms with Gasteiger partial charge in [0.2, 0.25) is 5.58 Å². The van der Waals surface area contributed by atoms with E-state index in [9.17, 15) is 14.9 Å². The molecule has 0 aliphatic heterocycles. The van der Waals surface area contributed by atoms with Crippen molar-refractivity contribution in [2.75, 3.05) is 0 Å². The largest absolute Gasteiger partial charge is 0.449 e. The van der Waals surface area contributed by atoms with Crippen molar-refractivity contribution in [3.05, 3.63) is 74.4 Å². The molecule has 3 aromatic rings. The third-order valence-electron chi connectivity index (χ3n) is 3.34. The summed E-state index contributed by atoms with van der Waals surface area (Å²) in [5, 5.41) is 11.3. The maximum absolute atomic E-state index is 12.2. The first kappa shape index (κ1) is 13.1. The van der Waals surface area contributed by atoms with Crippen molar-refractivity contribution in [1.29, 1.82) is 0 Å². The molecule has 21 heavy (non-hydrogen) atoms. The summed E-state index contributed by atoms with van der Waals surface area (Å²) < 4.78 is 5.66. The Kier molecular flexibility index (Phi) is 3.02. The van der Waals surface area contributed by atoms with Crippen LogP contribution in [0, 0.1) is 17.0 Å². The minimum Gasteiger partial charge on any atom is -0.449 e. The maximum atomic E-state index is 12.2. The van der Waals surface area contributed by atoms with Gasteiger partial charge in [-0.05, 0) is 18.6 Å². The number of benzene rings is 2. The summed E-state index contributed by atoms with van der Waals surface area (Å²) in [5.41, 5.74) is 1.18. The fourth-order valence-electron chi connectivity index (χ4n) is 2.29. The van der Waals surface area contributed by atoms with Crippen LogP contribution in [0.15, 0.2) is 57.7 Å². The molecule has 3 rings (SSSR count). The molecule has 0 aliphatic rings. The number of para-hydroxylation sites is 1. The van der Waals surface area contributed by atoms with E-state index in [-0.39, 0.29) is 22.1 Å². The Balaban J connectivity index is 2.38. The lowest BCUT2D eigenvalue weighted by atomic mass is 10.1. The molecular weight excluding hydrogens is 270 g/mol. The van der Waals surface area contributed by atoms with Gasteiger partial charge in [-0.2, -0.15) is 0 Å². The summed E-state index contributed by atoms with van der Waals surface area (Å²) in [6.07, 6.45) is 0. The molecule has 1 aromatic heterocycles. The van der Waals surface area contributed by atoms with Gasteiger partial charge in [0.25, 0.3) is 0 Å². The summed E-state index contributed by atoms with van der Waals surface area (Å²) in [7, 11) is 0. The first-order valence-corrected chi connectivity index (χ1v) is 6.35. The third kappa shape index (κ3) is 2.18. The number of hydrogen-bond acceptors (Lipinski definition) is 4. The zero-order valence-electron chi connectivity index (χ0n) is 11.2. The zero-order valence-corrected chi connectivity index (χ0v) is 11.2. The molecule has 0 aliphatic carbocycles. The summed E-state index contributed by atoms with van der Waals surface area (Å²) in [6, 6.07) is 13.1. The maximum Gasteiger partial charge on any atom is 0.312 e. The molecule has 0 radical (unpaired) electrons. The SMILES string of the molecule is Cc1ccccc1-c1cc(=O)c2cccc([N+](=O)[O-])c2o1. The van der Waals surface area contributed by atoms with E-state index in [1.807, 2.05) is 31.2 Å². The summed E-state index contributed by atoms with van der Waals surface area (Å²) in [6.45, 7) is 1.89. The molecule has 0 bridgehead atoms. The fourth-order valence-corrected chi connectivity index (χ4v) is 2.29. The smallest absolute Gasteiger partial charge is 0.312 e. The molecule has 0 fully saturated rings. The molecule has 0 N–H and O–H groups in total. The van der Waals surface area contributed by atoms with Crippen molar-refractivity contribution in [3.8, 4) is 11.3 Å². The lowest BCUT2D eigenvalue weighted by Gasteiger charge is -2.06. The standard InChI is InChI=1S/C16H11NO4/c1-10-5-2-3-6-11(10)15-9-14(18)12-7-4-8-13(17(19)20)16(12)21-15/h2-9H,1H3. The van der Waals surface area contributed by atoms with Gasteiger partial charge in [-0.1, -0.05) is 30.3 Å². The fraction of sp³-hybridized carbons (Fsp3) is 0.0625. The highest BCUT2D eigenvalue weighted by Crippen LogP contribution is 2.29. The lowest BCUT2D eigenvalue weighted by molar-refractivity contribution is -0.383. The van der Waals surface area contributed by atoms with E-state index in [4.69, 9.17) is 4.42 Å². The van der Waals surface area contributed by atoms with Gasteiger partial charge in [-0.15, -0.1) is 0 Å². The van der Waals surface area contributed by atoms with Gasteiger partial charge in [0.05, 0.1) is 10.3 Å². The van der Waals surface area contributed by atoms with Gasteiger partial charge in [0.1, 0.15) is 5.76 Å². The molecule has 0 amide bonds. The van der Waals surface area contributed by atoms with Crippen LogP contribution in [0.2, 0.25) is 0 Å². The van der Waals surface area contributed by atoms with Crippen molar-refractivity contribution in [2.45, 2.75) is 6.92 Å². The molecule has 0 saturated carbocycles. The van der Waals surface area contributed by atoms with Crippen LogP contribution in [0.3, 0.4) is 0 Å². The number of fused-ring (bicyclic) bond motifs is 1. The minimum absolute atomic E-state index is 0.00764. The Morgan fingerprint density at radius 3 is 2.57 bits per heavy atom. The van der Waals surface area contributed by atoms with E-state index in [1.54, 1.807) is 0 Å². The average molecular weight is 281 g/mol. The van der Waals surface area contributed by atoms with E-state index < -0.39 is 4.92 Å². The van der Waals surface area contributed by atoms with Crippen molar-refractivity contribution in [2.24, 2.45) is 0 Å². The Labute approximate surface area is 119 Å². The van der Waals surface area contributed by atoms with E-state index in [2.05, 4.69) is 0 Å². The normalized spacial score (nSPS) is 10.7. The van der Waals surface area contributed by atoms with Crippen LogP contribution in [0.5, 0.6) is 0 Å². The predicted octanol–water partition coefficient (Wildman–Crippen LogP) is 3.68. The highest BCUT2D eigenvalue weighted by Gasteiger charge is 2.17. The van der Waals surface area contributed by atoms with Gasteiger partial charge in [0, 0.05) is 17.7 Å². The second-order valence-corrected chi connectivity index (χ2v) is 4.70. The number of nitro groups is 1. The molecule has 0 spiro atoms. The van der Waals surface area contributed by atoms with Gasteiger partial charge in [0.15, 0.2) is 5.43 Å². The Morgan fingerprint density at radius 1 is 1.10 bits per heavy atom. The molecule has 0 saturated heterocycles. The summed E-state index contributed by atoms with van der Waals surface area (Å²) in [4.78, 5) is 22.7. The number of nitrogens with zero attached hydrogens (tertiary/aromatic N) is 1. The molecule has 2 aromatic carbocycles. The molecule has 104 valence electrons. The number of aryl methyl sites for hydroxylation is 1. The molecule has 0 unspecified atom stereocenters. The highest BCUT2D eigenvalue weighted by atomic mass is 16.6. The van der Waals surface area contributed by atoms with Crippen LogP contribution in [0.1, 0.15) is 5.56 Å². The molecule has 5 heteroatoms.